The van der Waals surface area contributed by atoms with Gasteiger partial charge in [-0.05, 0) is 12.8 Å². The van der Waals surface area contributed by atoms with Gasteiger partial charge in [0.1, 0.15) is 0 Å². The molecule has 1 aliphatic carbocycles. The molecule has 21 heavy (non-hydrogen) atoms. The van der Waals surface area contributed by atoms with Gasteiger partial charge in [0, 0.05) is 25.9 Å². The van der Waals surface area contributed by atoms with E-state index in [1.54, 1.807) is 0 Å². The van der Waals surface area contributed by atoms with Crippen LogP contribution in [0.2, 0.25) is 0 Å². The Kier molecular flexibility index (Phi) is 6.29. The van der Waals surface area contributed by atoms with Crippen molar-refractivity contribution in [3.8, 4) is 5.88 Å². The van der Waals surface area contributed by atoms with Crippen molar-refractivity contribution >= 4 is 22.4 Å². The zero-order valence-corrected chi connectivity index (χ0v) is 13.5. The molecule has 0 aliphatic heterocycles. The van der Waals surface area contributed by atoms with Crippen LogP contribution in [-0.4, -0.2) is 28.6 Å². The van der Waals surface area contributed by atoms with E-state index in [9.17, 15) is 9.90 Å². The van der Waals surface area contributed by atoms with Crippen molar-refractivity contribution in [1.82, 2.24) is 10.3 Å². The van der Waals surface area contributed by atoms with Crippen LogP contribution >= 0.6 is 11.3 Å². The van der Waals surface area contributed by atoms with Gasteiger partial charge in [0.2, 0.25) is 11.8 Å². The first-order valence-electron chi connectivity index (χ1n) is 7.85. The zero-order chi connectivity index (χ0) is 15.1. The molecule has 118 valence electrons. The van der Waals surface area contributed by atoms with Gasteiger partial charge < -0.3 is 15.7 Å². The Morgan fingerprint density at radius 1 is 1.29 bits per heavy atom. The summed E-state index contributed by atoms with van der Waals surface area (Å²) in [6, 6.07) is 0.471. The fraction of sp³-hybridized carbons (Fsp3) is 0.733. The van der Waals surface area contributed by atoms with Crippen molar-refractivity contribution in [1.29, 1.82) is 0 Å². The van der Waals surface area contributed by atoms with Crippen LogP contribution in [0.15, 0.2) is 0 Å². The second kappa shape index (κ2) is 8.22. The molecule has 1 aromatic rings. The maximum Gasteiger partial charge on any atom is 0.227 e. The minimum absolute atomic E-state index is 0.0492. The molecule has 2 rings (SSSR count). The third-order valence-corrected chi connectivity index (χ3v) is 4.87. The SMILES string of the molecule is CC(=O)NCCc1sc(NC2CCCCCCC2)nc1O. The molecule has 0 atom stereocenters. The van der Waals surface area contributed by atoms with Gasteiger partial charge in [0.25, 0.3) is 0 Å². The van der Waals surface area contributed by atoms with E-state index in [-0.39, 0.29) is 11.8 Å². The molecule has 1 aliphatic rings. The number of hydrogen-bond donors (Lipinski definition) is 3. The number of aromatic hydroxyl groups is 1. The predicted molar refractivity (Wildman–Crippen MR) is 85.9 cm³/mol. The topological polar surface area (TPSA) is 74.2 Å². The predicted octanol–water partition coefficient (Wildman–Crippen LogP) is 3.05. The van der Waals surface area contributed by atoms with Gasteiger partial charge in [0.15, 0.2) is 5.13 Å². The highest BCUT2D eigenvalue weighted by Gasteiger charge is 2.15. The highest BCUT2D eigenvalue weighted by molar-refractivity contribution is 7.15. The molecular formula is C15H25N3O2S. The zero-order valence-electron chi connectivity index (χ0n) is 12.7. The van der Waals surface area contributed by atoms with E-state index in [0.29, 0.717) is 19.0 Å². The van der Waals surface area contributed by atoms with Gasteiger partial charge in [-0.15, -0.1) is 0 Å². The van der Waals surface area contributed by atoms with Crippen molar-refractivity contribution in [3.05, 3.63) is 4.88 Å². The number of anilines is 1. The molecule has 1 heterocycles. The van der Waals surface area contributed by atoms with Gasteiger partial charge in [-0.1, -0.05) is 43.4 Å². The van der Waals surface area contributed by atoms with Crippen molar-refractivity contribution in [3.63, 3.8) is 0 Å². The average Bonchev–Trinajstić information content (AvgIpc) is 2.73. The van der Waals surface area contributed by atoms with Crippen LogP contribution in [-0.2, 0) is 11.2 Å². The second-order valence-electron chi connectivity index (χ2n) is 5.69. The molecule has 0 unspecified atom stereocenters. The summed E-state index contributed by atoms with van der Waals surface area (Å²) in [5.41, 5.74) is 0. The van der Waals surface area contributed by atoms with Crippen LogP contribution in [0.4, 0.5) is 5.13 Å². The molecule has 0 bridgehead atoms. The van der Waals surface area contributed by atoms with E-state index in [1.807, 2.05) is 0 Å². The van der Waals surface area contributed by atoms with E-state index < -0.39 is 0 Å². The summed E-state index contributed by atoms with van der Waals surface area (Å²) in [4.78, 5) is 15.9. The summed E-state index contributed by atoms with van der Waals surface area (Å²) >= 11 is 1.49. The summed E-state index contributed by atoms with van der Waals surface area (Å²) in [6.45, 7) is 2.03. The van der Waals surface area contributed by atoms with Crippen molar-refractivity contribution in [2.75, 3.05) is 11.9 Å². The number of aromatic nitrogens is 1. The molecule has 0 saturated heterocycles. The fourth-order valence-corrected chi connectivity index (χ4v) is 3.63. The Bertz CT molecular complexity index is 454. The molecule has 6 heteroatoms. The van der Waals surface area contributed by atoms with Crippen molar-refractivity contribution < 1.29 is 9.90 Å². The van der Waals surface area contributed by atoms with Crippen LogP contribution in [0.3, 0.4) is 0 Å². The monoisotopic (exact) mass is 311 g/mol. The quantitative estimate of drug-likeness (QED) is 0.781. The summed E-state index contributed by atoms with van der Waals surface area (Å²) < 4.78 is 0. The lowest BCUT2D eigenvalue weighted by atomic mass is 9.97. The van der Waals surface area contributed by atoms with Crippen molar-refractivity contribution in [2.45, 2.75) is 64.3 Å². The van der Waals surface area contributed by atoms with Crippen LogP contribution in [0.1, 0.15) is 56.7 Å². The van der Waals surface area contributed by atoms with Gasteiger partial charge in [-0.2, -0.15) is 4.98 Å². The number of nitrogens with one attached hydrogen (secondary N) is 2. The first-order chi connectivity index (χ1) is 10.1. The average molecular weight is 311 g/mol. The number of amides is 1. The minimum atomic E-state index is -0.0492. The largest absolute Gasteiger partial charge is 0.492 e. The molecule has 1 saturated carbocycles. The fourth-order valence-electron chi connectivity index (χ4n) is 2.70. The smallest absolute Gasteiger partial charge is 0.227 e. The minimum Gasteiger partial charge on any atom is -0.492 e. The molecule has 0 aromatic carbocycles. The summed E-state index contributed by atoms with van der Waals surface area (Å²) in [6.07, 6.45) is 9.53. The number of rotatable bonds is 5. The third-order valence-electron chi connectivity index (χ3n) is 3.84. The maximum atomic E-state index is 10.8. The summed E-state index contributed by atoms with van der Waals surface area (Å²) in [7, 11) is 0. The second-order valence-corrected chi connectivity index (χ2v) is 6.77. The first kappa shape index (κ1) is 16.1. The maximum absolute atomic E-state index is 10.8. The molecule has 0 radical (unpaired) electrons. The van der Waals surface area contributed by atoms with Gasteiger partial charge in [-0.25, -0.2) is 0 Å². The molecule has 1 aromatic heterocycles. The van der Waals surface area contributed by atoms with Gasteiger partial charge in [0.05, 0.1) is 4.88 Å². The third kappa shape index (κ3) is 5.53. The first-order valence-corrected chi connectivity index (χ1v) is 8.66. The van der Waals surface area contributed by atoms with E-state index >= 15 is 0 Å². The summed E-state index contributed by atoms with van der Waals surface area (Å²) in [5, 5.41) is 16.9. The van der Waals surface area contributed by atoms with Gasteiger partial charge in [-0.3, -0.25) is 4.79 Å². The van der Waals surface area contributed by atoms with Crippen LogP contribution in [0.25, 0.3) is 0 Å². The van der Waals surface area contributed by atoms with E-state index in [2.05, 4.69) is 15.6 Å². The Morgan fingerprint density at radius 2 is 1.95 bits per heavy atom. The number of carbonyl (C=O) groups is 1. The van der Waals surface area contributed by atoms with E-state index in [1.165, 1.54) is 63.2 Å². The molecule has 3 N–H and O–H groups in total. The van der Waals surface area contributed by atoms with E-state index in [0.717, 1.165) is 10.0 Å². The lowest BCUT2D eigenvalue weighted by Gasteiger charge is -2.20. The highest BCUT2D eigenvalue weighted by atomic mass is 32.1. The van der Waals surface area contributed by atoms with Crippen LogP contribution in [0, 0.1) is 0 Å². The number of carbonyl (C=O) groups excluding carboxylic acids is 1. The van der Waals surface area contributed by atoms with Crippen LogP contribution < -0.4 is 10.6 Å². The Hall–Kier alpha value is -1.30. The normalized spacial score (nSPS) is 17.0. The molecule has 0 spiro atoms. The lowest BCUT2D eigenvalue weighted by Crippen LogP contribution is -2.22. The Morgan fingerprint density at radius 3 is 2.62 bits per heavy atom. The molecule has 1 fully saturated rings. The standard InChI is InChI=1S/C15H25N3O2S/c1-11(19)16-10-9-13-14(20)18-15(21-13)17-12-7-5-3-2-4-6-8-12/h12,20H,2-10H2,1H3,(H,16,19)(H,17,18). The van der Waals surface area contributed by atoms with Crippen molar-refractivity contribution in [2.24, 2.45) is 0 Å². The highest BCUT2D eigenvalue weighted by Crippen LogP contribution is 2.30. The summed E-state index contributed by atoms with van der Waals surface area (Å²) in [5.74, 6) is 0.0468. The Balaban J connectivity index is 1.86. The van der Waals surface area contributed by atoms with Gasteiger partial charge >= 0.3 is 0 Å². The number of nitrogens with zero attached hydrogens (tertiary/aromatic N) is 1. The van der Waals surface area contributed by atoms with Crippen LogP contribution in [0.5, 0.6) is 5.88 Å². The molecular weight excluding hydrogens is 286 g/mol. The molecule has 5 nitrogen and oxygen atoms in total. The lowest BCUT2D eigenvalue weighted by molar-refractivity contribution is -0.118. The number of thiazole rings is 1. The molecule has 1 amide bonds. The van der Waals surface area contributed by atoms with E-state index in [4.69, 9.17) is 0 Å². The number of hydrogen-bond acceptors (Lipinski definition) is 5. The Labute approximate surface area is 130 Å².